The van der Waals surface area contributed by atoms with E-state index in [1.54, 1.807) is 12.1 Å². The summed E-state index contributed by atoms with van der Waals surface area (Å²) in [5.41, 5.74) is 6.21. The number of hydrogen-bond donors (Lipinski definition) is 5. The van der Waals surface area contributed by atoms with Crippen LogP contribution in [-0.4, -0.2) is 38.0 Å². The molecule has 0 aliphatic carbocycles. The lowest BCUT2D eigenvalue weighted by Crippen LogP contribution is -2.17. The first-order chi connectivity index (χ1) is 21.6. The molecule has 9 heteroatoms. The van der Waals surface area contributed by atoms with E-state index in [2.05, 4.69) is 57.2 Å². The van der Waals surface area contributed by atoms with Crippen molar-refractivity contribution in [2.75, 3.05) is 10.6 Å². The van der Waals surface area contributed by atoms with E-state index in [0.717, 1.165) is 39.9 Å². The molecule has 9 nitrogen and oxygen atoms in total. The first kappa shape index (κ1) is 34.0. The quantitative estimate of drug-likeness (QED) is 0.120. The van der Waals surface area contributed by atoms with Crippen molar-refractivity contribution in [3.8, 4) is 39.7 Å². The summed E-state index contributed by atoms with van der Waals surface area (Å²) in [7, 11) is 0. The van der Waals surface area contributed by atoms with Crippen LogP contribution in [0.15, 0.2) is 60.7 Å². The zero-order valence-corrected chi connectivity index (χ0v) is 27.7. The van der Waals surface area contributed by atoms with E-state index in [9.17, 15) is 19.5 Å². The Labute approximate surface area is 270 Å². The number of carboxylic acids is 1. The summed E-state index contributed by atoms with van der Waals surface area (Å²) in [6.45, 7) is 14.4. The van der Waals surface area contributed by atoms with Crippen LogP contribution in [0.2, 0.25) is 0 Å². The third-order valence-corrected chi connectivity index (χ3v) is 7.65. The second kappa shape index (κ2) is 13.6. The number of carboxylic acid groups (broad SMARTS) is 1. The number of rotatable bonds is 10. The van der Waals surface area contributed by atoms with Gasteiger partial charge >= 0.3 is 5.97 Å². The number of aromatic amines is 1. The summed E-state index contributed by atoms with van der Waals surface area (Å²) in [5.74, 6) is -0.515. The lowest BCUT2D eigenvalue weighted by atomic mass is 9.78. The number of hydrogen-bond acceptors (Lipinski definition) is 5. The lowest BCUT2D eigenvalue weighted by Gasteiger charge is -2.28. The maximum Gasteiger partial charge on any atom is 0.303 e. The van der Waals surface area contributed by atoms with Crippen LogP contribution >= 0.6 is 0 Å². The van der Waals surface area contributed by atoms with Crippen LogP contribution in [0.4, 0.5) is 11.4 Å². The highest BCUT2D eigenvalue weighted by Gasteiger charge is 2.28. The van der Waals surface area contributed by atoms with E-state index in [1.807, 2.05) is 55.5 Å². The van der Waals surface area contributed by atoms with Gasteiger partial charge in [0.2, 0.25) is 11.8 Å². The Morgan fingerprint density at radius 1 is 0.717 bits per heavy atom. The molecule has 0 fully saturated rings. The minimum Gasteiger partial charge on any atom is -0.507 e. The Bertz CT molecular complexity index is 1690. The van der Waals surface area contributed by atoms with Gasteiger partial charge in [0.05, 0.1) is 17.8 Å². The molecule has 2 amide bonds. The number of amides is 2. The number of anilines is 2. The third-order valence-electron chi connectivity index (χ3n) is 7.65. The Kier molecular flexibility index (Phi) is 10.0. The first-order valence-electron chi connectivity index (χ1n) is 15.6. The van der Waals surface area contributed by atoms with Crippen molar-refractivity contribution in [1.82, 2.24) is 9.97 Å². The number of nitrogens with zero attached hydrogens (tertiary/aromatic N) is 1. The maximum absolute atomic E-state index is 12.2. The summed E-state index contributed by atoms with van der Waals surface area (Å²) in [6.07, 6.45) is 0.861. The monoisotopic (exact) mass is 624 g/mol. The molecule has 5 N–H and O–H groups in total. The van der Waals surface area contributed by atoms with Crippen LogP contribution in [0.3, 0.4) is 0 Å². The van der Waals surface area contributed by atoms with Crippen LogP contribution in [0, 0.1) is 0 Å². The molecule has 0 saturated heterocycles. The summed E-state index contributed by atoms with van der Waals surface area (Å²) in [6, 6.07) is 18.8. The van der Waals surface area contributed by atoms with Crippen molar-refractivity contribution in [3.05, 3.63) is 71.8 Å². The Hall–Kier alpha value is -4.92. The van der Waals surface area contributed by atoms with Crippen LogP contribution in [0.1, 0.15) is 85.3 Å². The number of aromatic hydroxyl groups is 1. The normalized spacial score (nSPS) is 11.7. The minimum atomic E-state index is -1.03. The molecule has 0 bridgehead atoms. The first-order valence-corrected chi connectivity index (χ1v) is 15.6. The molecule has 0 atom stereocenters. The third kappa shape index (κ3) is 8.21. The SMILES string of the molecule is CCCC(=O)Nc1ccc(-c2[nH]c(-c3cc(C(C)(C)C)c(O)c(C(C)(C)C)c3)nc2-c2ccc(NC(=O)CCC(=O)O)cc2)cc1. The molecule has 0 spiro atoms. The van der Waals surface area contributed by atoms with E-state index in [1.165, 1.54) is 0 Å². The molecule has 0 radical (unpaired) electrons. The molecule has 0 aliphatic rings. The number of aromatic nitrogens is 2. The average molecular weight is 625 g/mol. The molecular weight excluding hydrogens is 580 g/mol. The molecule has 242 valence electrons. The molecule has 0 unspecified atom stereocenters. The fourth-order valence-corrected chi connectivity index (χ4v) is 5.17. The fraction of sp³-hybridized carbons (Fsp3) is 0.351. The van der Waals surface area contributed by atoms with Gasteiger partial charge in [-0.2, -0.15) is 0 Å². The second-order valence-corrected chi connectivity index (χ2v) is 13.6. The zero-order chi connectivity index (χ0) is 33.8. The van der Waals surface area contributed by atoms with Crippen LogP contribution < -0.4 is 10.6 Å². The Morgan fingerprint density at radius 2 is 1.20 bits per heavy atom. The predicted molar refractivity (Wildman–Crippen MR) is 183 cm³/mol. The number of imidazole rings is 1. The van der Waals surface area contributed by atoms with Gasteiger partial charge in [-0.05, 0) is 53.6 Å². The van der Waals surface area contributed by atoms with Crippen molar-refractivity contribution in [3.63, 3.8) is 0 Å². The molecule has 1 aromatic heterocycles. The smallest absolute Gasteiger partial charge is 0.303 e. The van der Waals surface area contributed by atoms with Crippen LogP contribution in [-0.2, 0) is 25.2 Å². The van der Waals surface area contributed by atoms with E-state index >= 15 is 0 Å². The summed E-state index contributed by atoms with van der Waals surface area (Å²) in [4.78, 5) is 43.8. The Morgan fingerprint density at radius 3 is 1.65 bits per heavy atom. The van der Waals surface area contributed by atoms with Gasteiger partial charge in [0.25, 0.3) is 0 Å². The van der Waals surface area contributed by atoms with Crippen molar-refractivity contribution in [2.45, 2.75) is 85.0 Å². The number of benzene rings is 3. The molecule has 46 heavy (non-hydrogen) atoms. The molecular formula is C37H44N4O5. The van der Waals surface area contributed by atoms with Gasteiger partial charge in [0, 0.05) is 52.0 Å². The molecule has 3 aromatic carbocycles. The van der Waals surface area contributed by atoms with E-state index < -0.39 is 5.97 Å². The summed E-state index contributed by atoms with van der Waals surface area (Å²) < 4.78 is 0. The molecule has 1 heterocycles. The highest BCUT2D eigenvalue weighted by Crippen LogP contribution is 2.43. The topological polar surface area (TPSA) is 144 Å². The van der Waals surface area contributed by atoms with Crippen LogP contribution in [0.25, 0.3) is 33.9 Å². The van der Waals surface area contributed by atoms with Gasteiger partial charge in [0.1, 0.15) is 11.6 Å². The zero-order valence-electron chi connectivity index (χ0n) is 27.7. The summed E-state index contributed by atoms with van der Waals surface area (Å²) >= 11 is 0. The number of carbonyl (C=O) groups excluding carboxylic acids is 2. The number of phenolic OH excluding ortho intramolecular Hbond substituents is 1. The van der Waals surface area contributed by atoms with Gasteiger partial charge in [-0.1, -0.05) is 72.7 Å². The lowest BCUT2D eigenvalue weighted by molar-refractivity contribution is -0.138. The van der Waals surface area contributed by atoms with Crippen molar-refractivity contribution in [1.29, 1.82) is 0 Å². The van der Waals surface area contributed by atoms with Crippen molar-refractivity contribution >= 4 is 29.2 Å². The number of H-pyrrole nitrogens is 1. The number of nitrogens with one attached hydrogen (secondary N) is 3. The van der Waals surface area contributed by atoms with Gasteiger partial charge in [-0.25, -0.2) is 4.98 Å². The summed E-state index contributed by atoms with van der Waals surface area (Å²) in [5, 5.41) is 25.8. The van der Waals surface area contributed by atoms with E-state index in [0.29, 0.717) is 29.3 Å². The average Bonchev–Trinajstić information content (AvgIpc) is 3.41. The number of aliphatic carboxylic acids is 1. The van der Waals surface area contributed by atoms with Gasteiger partial charge in [-0.3, -0.25) is 14.4 Å². The highest BCUT2D eigenvalue weighted by atomic mass is 16.4. The van der Waals surface area contributed by atoms with E-state index in [4.69, 9.17) is 10.1 Å². The second-order valence-electron chi connectivity index (χ2n) is 13.6. The standard InChI is InChI=1S/C37H44N4O5/c1-8-9-29(42)38-25-14-10-22(11-15-25)32-33(23-12-16-26(17-13-23)39-30(43)18-19-31(44)45)41-35(40-32)24-20-27(36(2,3)4)34(46)28(21-24)37(5,6)7/h10-17,20-21,46H,8-9,18-19H2,1-7H3,(H,38,42)(H,39,43)(H,40,41)(H,44,45). The molecule has 0 saturated carbocycles. The molecule has 4 rings (SSSR count). The highest BCUT2D eigenvalue weighted by molar-refractivity contribution is 5.93. The minimum absolute atomic E-state index is 0.0356. The van der Waals surface area contributed by atoms with Crippen LogP contribution in [0.5, 0.6) is 5.75 Å². The van der Waals surface area contributed by atoms with Gasteiger partial charge in [0.15, 0.2) is 0 Å². The predicted octanol–water partition coefficient (Wildman–Crippen LogP) is 8.25. The molecule has 4 aromatic rings. The van der Waals surface area contributed by atoms with Gasteiger partial charge in [-0.15, -0.1) is 0 Å². The number of carbonyl (C=O) groups is 3. The van der Waals surface area contributed by atoms with Crippen molar-refractivity contribution < 1.29 is 24.6 Å². The van der Waals surface area contributed by atoms with Crippen molar-refractivity contribution in [2.24, 2.45) is 0 Å². The largest absolute Gasteiger partial charge is 0.507 e. The van der Waals surface area contributed by atoms with E-state index in [-0.39, 0.29) is 41.2 Å². The molecule has 0 aliphatic heterocycles. The van der Waals surface area contributed by atoms with Gasteiger partial charge < -0.3 is 25.8 Å². The Balaban J connectivity index is 1.81. The number of phenols is 1. The maximum atomic E-state index is 12.2. The fourth-order valence-electron chi connectivity index (χ4n) is 5.17.